The van der Waals surface area contributed by atoms with Gasteiger partial charge < -0.3 is 5.32 Å². The molecule has 0 unspecified atom stereocenters. The van der Waals surface area contributed by atoms with Crippen molar-refractivity contribution in [1.29, 1.82) is 0 Å². The lowest BCUT2D eigenvalue weighted by atomic mass is 9.65. The van der Waals surface area contributed by atoms with Crippen LogP contribution in [0.25, 0.3) is 0 Å². The highest BCUT2D eigenvalue weighted by molar-refractivity contribution is 7.09. The van der Waals surface area contributed by atoms with E-state index in [0.717, 1.165) is 30.7 Å². The van der Waals surface area contributed by atoms with Crippen molar-refractivity contribution in [2.75, 3.05) is 0 Å². The Balaban J connectivity index is 1.80. The smallest absolute Gasteiger partial charge is 0.217 e. The second-order valence-electron chi connectivity index (χ2n) is 4.84. The summed E-state index contributed by atoms with van der Waals surface area (Å²) in [7, 11) is 0. The Kier molecular flexibility index (Phi) is 1.72. The summed E-state index contributed by atoms with van der Waals surface area (Å²) in [5, 5.41) is 12.3. The third-order valence-electron chi connectivity index (χ3n) is 3.69. The third kappa shape index (κ3) is 1.22. The second-order valence-corrected chi connectivity index (χ2v) is 5.67. The van der Waals surface area contributed by atoms with Gasteiger partial charge >= 0.3 is 0 Å². The van der Waals surface area contributed by atoms with E-state index in [4.69, 9.17) is 0 Å². The van der Waals surface area contributed by atoms with E-state index in [9.17, 15) is 4.79 Å². The number of nitrogens with one attached hydrogen (secondary N) is 1. The Morgan fingerprint density at radius 1 is 1.53 bits per heavy atom. The molecule has 1 amide bonds. The highest BCUT2D eigenvalue weighted by Crippen LogP contribution is 2.62. The Morgan fingerprint density at radius 2 is 2.33 bits per heavy atom. The average molecular weight is 223 g/mol. The van der Waals surface area contributed by atoms with E-state index in [2.05, 4.69) is 15.5 Å². The number of hydrogen-bond acceptors (Lipinski definition) is 4. The summed E-state index contributed by atoms with van der Waals surface area (Å²) in [6.07, 6.45) is 4.33. The summed E-state index contributed by atoms with van der Waals surface area (Å²) in [5.41, 5.74) is 2.11. The summed E-state index contributed by atoms with van der Waals surface area (Å²) in [5.74, 6) is 0.0859. The average Bonchev–Trinajstić information content (AvgIpc) is 2.70. The first-order chi connectivity index (χ1) is 7.14. The molecule has 0 spiro atoms. The van der Waals surface area contributed by atoms with Gasteiger partial charge in [0.1, 0.15) is 10.5 Å². The van der Waals surface area contributed by atoms with Gasteiger partial charge in [0.25, 0.3) is 0 Å². The maximum atomic E-state index is 11.1. The molecule has 0 atom stereocenters. The molecule has 5 heteroatoms. The summed E-state index contributed by atoms with van der Waals surface area (Å²) >= 11 is 1.64. The van der Waals surface area contributed by atoms with Crippen LogP contribution in [0.2, 0.25) is 0 Å². The van der Waals surface area contributed by atoms with Crippen molar-refractivity contribution < 1.29 is 4.79 Å². The van der Waals surface area contributed by atoms with E-state index in [-0.39, 0.29) is 16.9 Å². The number of hydrogen-bond donors (Lipinski definition) is 1. The lowest BCUT2D eigenvalue weighted by Crippen LogP contribution is -2.56. The molecule has 3 aliphatic carbocycles. The fourth-order valence-electron chi connectivity index (χ4n) is 3.26. The van der Waals surface area contributed by atoms with Crippen LogP contribution in [0.3, 0.4) is 0 Å². The highest BCUT2D eigenvalue weighted by atomic mass is 32.1. The first-order valence-electron chi connectivity index (χ1n) is 5.20. The predicted molar refractivity (Wildman–Crippen MR) is 56.6 cm³/mol. The van der Waals surface area contributed by atoms with Gasteiger partial charge in [0, 0.05) is 17.9 Å². The van der Waals surface area contributed by atoms with Crippen molar-refractivity contribution in [3.05, 3.63) is 10.5 Å². The lowest BCUT2D eigenvalue weighted by molar-refractivity contribution is -0.121. The van der Waals surface area contributed by atoms with E-state index in [1.54, 1.807) is 23.8 Å². The minimum absolute atomic E-state index is 0.0809. The van der Waals surface area contributed by atoms with Gasteiger partial charge in [-0.25, -0.2) is 0 Å². The molecule has 80 valence electrons. The predicted octanol–water partition coefficient (Wildman–Crippen LogP) is 1.24. The van der Waals surface area contributed by atoms with Crippen molar-refractivity contribution >= 4 is 17.2 Å². The molecular formula is C10H13N3OS. The van der Waals surface area contributed by atoms with Crippen LogP contribution < -0.4 is 5.32 Å². The molecule has 3 aliphatic rings. The normalized spacial score (nSPS) is 37.4. The minimum Gasteiger partial charge on any atom is -0.351 e. The van der Waals surface area contributed by atoms with Crippen LogP contribution in [0, 0.1) is 0 Å². The molecule has 2 bridgehead atoms. The summed E-state index contributed by atoms with van der Waals surface area (Å²) < 4.78 is 0. The third-order valence-corrected chi connectivity index (χ3v) is 4.63. The molecule has 3 saturated carbocycles. The number of carbonyl (C=O) groups is 1. The van der Waals surface area contributed by atoms with Crippen LogP contribution >= 0.6 is 11.3 Å². The van der Waals surface area contributed by atoms with Crippen LogP contribution in [0.5, 0.6) is 0 Å². The van der Waals surface area contributed by atoms with Crippen molar-refractivity contribution in [1.82, 2.24) is 15.5 Å². The SMILES string of the molecule is CC(=O)NC12CCC(c3nncs3)(C1)C2. The van der Waals surface area contributed by atoms with Crippen LogP contribution in [0.4, 0.5) is 0 Å². The van der Waals surface area contributed by atoms with Crippen LogP contribution in [-0.2, 0) is 10.2 Å². The zero-order valence-corrected chi connectivity index (χ0v) is 9.43. The molecule has 0 radical (unpaired) electrons. The molecule has 15 heavy (non-hydrogen) atoms. The number of rotatable bonds is 2. The van der Waals surface area contributed by atoms with E-state index in [0.29, 0.717) is 0 Å². The van der Waals surface area contributed by atoms with E-state index in [1.165, 1.54) is 0 Å². The largest absolute Gasteiger partial charge is 0.351 e. The van der Waals surface area contributed by atoms with E-state index < -0.39 is 0 Å². The Morgan fingerprint density at radius 3 is 2.93 bits per heavy atom. The number of carbonyl (C=O) groups excluding carboxylic acids is 1. The number of amides is 1. The number of nitrogens with zero attached hydrogens (tertiary/aromatic N) is 2. The minimum atomic E-state index is 0.0809. The van der Waals surface area contributed by atoms with Gasteiger partial charge in [-0.3, -0.25) is 4.79 Å². The van der Waals surface area contributed by atoms with Gasteiger partial charge in [0.2, 0.25) is 5.91 Å². The molecule has 3 fully saturated rings. The quantitative estimate of drug-likeness (QED) is 0.820. The van der Waals surface area contributed by atoms with Gasteiger partial charge in [-0.15, -0.1) is 21.5 Å². The molecule has 1 heterocycles. The summed E-state index contributed by atoms with van der Waals surface area (Å²) in [4.78, 5) is 11.1. The van der Waals surface area contributed by atoms with Gasteiger partial charge in [-0.2, -0.15) is 0 Å². The van der Waals surface area contributed by atoms with Gasteiger partial charge in [0.15, 0.2) is 0 Å². The Hall–Kier alpha value is -0.970. The zero-order chi connectivity index (χ0) is 10.5. The van der Waals surface area contributed by atoms with Gasteiger partial charge in [0.05, 0.1) is 0 Å². The maximum Gasteiger partial charge on any atom is 0.217 e. The molecular weight excluding hydrogens is 210 g/mol. The molecule has 0 aliphatic heterocycles. The molecule has 1 aromatic heterocycles. The molecule has 1 aromatic rings. The van der Waals surface area contributed by atoms with Gasteiger partial charge in [-0.05, 0) is 25.7 Å². The van der Waals surface area contributed by atoms with Crippen molar-refractivity contribution in [2.45, 2.75) is 43.6 Å². The van der Waals surface area contributed by atoms with Crippen molar-refractivity contribution in [2.24, 2.45) is 0 Å². The summed E-state index contributed by atoms with van der Waals surface area (Å²) in [6.45, 7) is 1.60. The topological polar surface area (TPSA) is 54.9 Å². The Labute approximate surface area is 92.1 Å². The van der Waals surface area contributed by atoms with Gasteiger partial charge in [-0.1, -0.05) is 0 Å². The fourth-order valence-corrected chi connectivity index (χ4v) is 4.05. The van der Waals surface area contributed by atoms with Crippen LogP contribution in [-0.4, -0.2) is 21.6 Å². The van der Waals surface area contributed by atoms with E-state index >= 15 is 0 Å². The molecule has 4 nitrogen and oxygen atoms in total. The fraction of sp³-hybridized carbons (Fsp3) is 0.700. The standard InChI is InChI=1S/C10H13N3OS/c1-7(14)12-10-3-2-9(4-10,5-10)8-13-11-6-15-8/h6H,2-5H2,1H3,(H,12,14). The molecule has 1 N–H and O–H groups in total. The van der Waals surface area contributed by atoms with Crippen LogP contribution in [0.1, 0.15) is 37.6 Å². The van der Waals surface area contributed by atoms with Crippen LogP contribution in [0.15, 0.2) is 5.51 Å². The van der Waals surface area contributed by atoms with Crippen molar-refractivity contribution in [3.8, 4) is 0 Å². The molecule has 4 rings (SSSR count). The monoisotopic (exact) mass is 223 g/mol. The zero-order valence-electron chi connectivity index (χ0n) is 8.62. The lowest BCUT2D eigenvalue weighted by Gasteiger charge is -2.46. The van der Waals surface area contributed by atoms with E-state index in [1.807, 2.05) is 0 Å². The molecule has 0 saturated heterocycles. The second kappa shape index (κ2) is 2.78. The first-order valence-corrected chi connectivity index (χ1v) is 6.08. The Bertz CT molecular complexity index is 395. The maximum absolute atomic E-state index is 11.1. The highest BCUT2D eigenvalue weighted by Gasteiger charge is 2.63. The number of fused-ring (bicyclic) bond motifs is 1. The molecule has 0 aromatic carbocycles. The number of aromatic nitrogens is 2. The first kappa shape index (κ1) is 9.27. The van der Waals surface area contributed by atoms with Crippen molar-refractivity contribution in [3.63, 3.8) is 0 Å². The summed E-state index contributed by atoms with van der Waals surface area (Å²) in [6, 6.07) is 0.